The molecule has 106 valence electrons. The summed E-state index contributed by atoms with van der Waals surface area (Å²) >= 11 is 6.12. The second kappa shape index (κ2) is 5.94. The van der Waals surface area contributed by atoms with Gasteiger partial charge in [0, 0.05) is 37.0 Å². The fourth-order valence-corrected chi connectivity index (χ4v) is 2.59. The number of nitrogens with zero attached hydrogens (tertiary/aromatic N) is 3. The van der Waals surface area contributed by atoms with E-state index in [1.165, 1.54) is 18.4 Å². The Bertz CT molecular complexity index is 577. The van der Waals surface area contributed by atoms with Gasteiger partial charge in [-0.05, 0) is 30.5 Å². The van der Waals surface area contributed by atoms with Gasteiger partial charge in [0.25, 0.3) is 0 Å². The molecule has 1 aliphatic carbocycles. The molecule has 0 aliphatic heterocycles. The molecule has 0 spiro atoms. The molecule has 2 aromatic rings. The van der Waals surface area contributed by atoms with E-state index in [1.807, 2.05) is 23.9 Å². The molecule has 20 heavy (non-hydrogen) atoms. The van der Waals surface area contributed by atoms with Gasteiger partial charge in [-0.15, -0.1) is 0 Å². The van der Waals surface area contributed by atoms with Crippen LogP contribution in [-0.2, 0) is 13.5 Å². The van der Waals surface area contributed by atoms with Crippen molar-refractivity contribution in [1.82, 2.24) is 20.1 Å². The summed E-state index contributed by atoms with van der Waals surface area (Å²) in [6.45, 7) is 0.956. The van der Waals surface area contributed by atoms with Gasteiger partial charge >= 0.3 is 0 Å². The van der Waals surface area contributed by atoms with E-state index >= 15 is 0 Å². The van der Waals surface area contributed by atoms with Crippen LogP contribution in [0.3, 0.4) is 0 Å². The van der Waals surface area contributed by atoms with Gasteiger partial charge in [0.1, 0.15) is 12.2 Å². The van der Waals surface area contributed by atoms with Gasteiger partial charge in [-0.3, -0.25) is 4.68 Å². The highest BCUT2D eigenvalue weighted by Crippen LogP contribution is 2.25. The molecule has 1 aliphatic rings. The molecule has 1 fully saturated rings. The van der Waals surface area contributed by atoms with Crippen LogP contribution in [0.15, 0.2) is 30.6 Å². The summed E-state index contributed by atoms with van der Waals surface area (Å²) in [7, 11) is 1.94. The van der Waals surface area contributed by atoms with Crippen LogP contribution in [0.1, 0.15) is 30.1 Å². The van der Waals surface area contributed by atoms with Crippen LogP contribution in [0.25, 0.3) is 0 Å². The molecular weight excluding hydrogens is 272 g/mol. The number of rotatable bonds is 6. The van der Waals surface area contributed by atoms with Gasteiger partial charge in [0.05, 0.1) is 0 Å². The highest BCUT2D eigenvalue weighted by Gasteiger charge is 2.23. The zero-order valence-electron chi connectivity index (χ0n) is 11.6. The van der Waals surface area contributed by atoms with Crippen LogP contribution in [0, 0.1) is 0 Å². The lowest BCUT2D eigenvalue weighted by atomic mass is 9.95. The summed E-state index contributed by atoms with van der Waals surface area (Å²) in [6, 6.07) is 8.83. The number of hydrogen-bond acceptors (Lipinski definition) is 3. The van der Waals surface area contributed by atoms with Crippen molar-refractivity contribution in [3.05, 3.63) is 47.0 Å². The van der Waals surface area contributed by atoms with Crippen molar-refractivity contribution >= 4 is 11.6 Å². The second-order valence-corrected chi connectivity index (χ2v) is 5.87. The summed E-state index contributed by atoms with van der Waals surface area (Å²) in [5.74, 6) is 1.38. The molecule has 1 heterocycles. The third-order valence-corrected chi connectivity index (χ3v) is 4.02. The van der Waals surface area contributed by atoms with Crippen LogP contribution in [-0.4, -0.2) is 27.4 Å². The second-order valence-electron chi connectivity index (χ2n) is 5.44. The highest BCUT2D eigenvalue weighted by atomic mass is 35.5. The fraction of sp³-hybridized carbons (Fsp3) is 0.467. The van der Waals surface area contributed by atoms with Crippen LogP contribution in [0.4, 0.5) is 0 Å². The predicted octanol–water partition coefficient (Wildman–Crippen LogP) is 2.55. The summed E-state index contributed by atoms with van der Waals surface area (Å²) < 4.78 is 1.84. The Morgan fingerprint density at radius 1 is 1.45 bits per heavy atom. The maximum atomic E-state index is 6.12. The zero-order valence-corrected chi connectivity index (χ0v) is 12.3. The first-order valence-corrected chi connectivity index (χ1v) is 7.42. The molecule has 1 aromatic heterocycles. The van der Waals surface area contributed by atoms with Crippen molar-refractivity contribution < 1.29 is 0 Å². The van der Waals surface area contributed by atoms with Gasteiger partial charge in [-0.1, -0.05) is 23.7 Å². The average Bonchev–Trinajstić information content (AvgIpc) is 3.18. The van der Waals surface area contributed by atoms with E-state index < -0.39 is 0 Å². The number of hydrogen-bond donors (Lipinski definition) is 1. The van der Waals surface area contributed by atoms with Crippen molar-refractivity contribution in [2.75, 3.05) is 6.54 Å². The Hall–Kier alpha value is -1.39. The Kier molecular flexibility index (Phi) is 4.03. The Balaban J connectivity index is 1.77. The van der Waals surface area contributed by atoms with E-state index in [0.29, 0.717) is 12.0 Å². The Morgan fingerprint density at radius 3 is 2.95 bits per heavy atom. The average molecular weight is 291 g/mol. The predicted molar refractivity (Wildman–Crippen MR) is 79.9 cm³/mol. The van der Waals surface area contributed by atoms with Crippen LogP contribution in [0.2, 0.25) is 5.02 Å². The van der Waals surface area contributed by atoms with Crippen LogP contribution in [0.5, 0.6) is 0 Å². The van der Waals surface area contributed by atoms with E-state index in [9.17, 15) is 0 Å². The van der Waals surface area contributed by atoms with Gasteiger partial charge in [-0.2, -0.15) is 5.10 Å². The minimum Gasteiger partial charge on any atom is -0.313 e. The molecule has 5 heteroatoms. The molecule has 1 saturated carbocycles. The number of aryl methyl sites for hydroxylation is 1. The normalized spacial score (nSPS) is 16.3. The smallest absolute Gasteiger partial charge is 0.138 e. The summed E-state index contributed by atoms with van der Waals surface area (Å²) in [5, 5.41) is 8.54. The van der Waals surface area contributed by atoms with Crippen molar-refractivity contribution in [3.63, 3.8) is 0 Å². The van der Waals surface area contributed by atoms with Crippen LogP contribution < -0.4 is 5.32 Å². The van der Waals surface area contributed by atoms with Crippen molar-refractivity contribution in [2.45, 2.75) is 31.2 Å². The Labute approximate surface area is 124 Å². The van der Waals surface area contributed by atoms with E-state index in [-0.39, 0.29) is 0 Å². The maximum Gasteiger partial charge on any atom is 0.138 e. The van der Waals surface area contributed by atoms with Gasteiger partial charge in [-0.25, -0.2) is 4.98 Å². The van der Waals surface area contributed by atoms with Crippen LogP contribution >= 0.6 is 11.6 Å². The first-order valence-electron chi connectivity index (χ1n) is 7.04. The summed E-state index contributed by atoms with van der Waals surface area (Å²) in [4.78, 5) is 4.34. The van der Waals surface area contributed by atoms with E-state index in [1.54, 1.807) is 6.33 Å². The third kappa shape index (κ3) is 3.38. The largest absolute Gasteiger partial charge is 0.313 e. The number of aromatic nitrogens is 3. The lowest BCUT2D eigenvalue weighted by Crippen LogP contribution is -2.25. The van der Waals surface area contributed by atoms with Gasteiger partial charge in [0.15, 0.2) is 0 Å². The molecule has 1 aromatic carbocycles. The molecule has 1 N–H and O–H groups in total. The molecule has 1 unspecified atom stereocenters. The number of halogens is 1. The molecule has 0 amide bonds. The topological polar surface area (TPSA) is 42.7 Å². The lowest BCUT2D eigenvalue weighted by Gasteiger charge is -2.18. The molecule has 3 rings (SSSR count). The summed E-state index contributed by atoms with van der Waals surface area (Å²) in [6.07, 6.45) is 5.08. The molecule has 4 nitrogen and oxygen atoms in total. The van der Waals surface area contributed by atoms with Gasteiger partial charge in [0.2, 0.25) is 0 Å². The molecule has 1 atom stereocenters. The first kappa shape index (κ1) is 13.6. The SMILES string of the molecule is Cn1ncnc1CC(CNC1CC1)c1cccc(Cl)c1. The maximum absolute atomic E-state index is 6.12. The third-order valence-electron chi connectivity index (χ3n) is 3.78. The summed E-state index contributed by atoms with van der Waals surface area (Å²) in [5.41, 5.74) is 1.26. The van der Waals surface area contributed by atoms with Gasteiger partial charge < -0.3 is 5.32 Å². The minimum atomic E-state index is 0.372. The molecule has 0 bridgehead atoms. The van der Waals surface area contributed by atoms with Crippen molar-refractivity contribution in [2.24, 2.45) is 7.05 Å². The lowest BCUT2D eigenvalue weighted by molar-refractivity contribution is 0.551. The zero-order chi connectivity index (χ0) is 13.9. The standard InChI is InChI=1S/C15H19ClN4/c1-20-15(18-10-19-20)8-12(9-17-14-5-6-14)11-3-2-4-13(16)7-11/h2-4,7,10,12,14,17H,5-6,8-9H2,1H3. The molecule has 0 radical (unpaired) electrons. The van der Waals surface area contributed by atoms with E-state index in [4.69, 9.17) is 11.6 Å². The quantitative estimate of drug-likeness (QED) is 0.889. The molecular formula is C15H19ClN4. The fourth-order valence-electron chi connectivity index (χ4n) is 2.39. The number of nitrogens with one attached hydrogen (secondary N) is 1. The Morgan fingerprint density at radius 2 is 2.30 bits per heavy atom. The van der Waals surface area contributed by atoms with E-state index in [2.05, 4.69) is 27.5 Å². The first-order chi connectivity index (χ1) is 9.72. The number of benzene rings is 1. The minimum absolute atomic E-state index is 0.372. The highest BCUT2D eigenvalue weighted by molar-refractivity contribution is 6.30. The van der Waals surface area contributed by atoms with Crippen molar-refractivity contribution in [3.8, 4) is 0 Å². The molecule has 0 saturated heterocycles. The monoisotopic (exact) mass is 290 g/mol. The van der Waals surface area contributed by atoms with Crippen molar-refractivity contribution in [1.29, 1.82) is 0 Å². The van der Waals surface area contributed by atoms with E-state index in [0.717, 1.165) is 23.8 Å².